The third-order valence-corrected chi connectivity index (χ3v) is 4.45. The van der Waals surface area contributed by atoms with Crippen molar-refractivity contribution in [2.24, 2.45) is 0 Å². The molecule has 0 saturated heterocycles. The lowest BCUT2D eigenvalue weighted by Gasteiger charge is -2.08. The third-order valence-electron chi connectivity index (χ3n) is 4.45. The number of carbonyl (C=O) groups is 1. The zero-order valence-electron chi connectivity index (χ0n) is 17.6. The summed E-state index contributed by atoms with van der Waals surface area (Å²) in [7, 11) is 0. The molecule has 0 radical (unpaired) electrons. The highest BCUT2D eigenvalue weighted by Crippen LogP contribution is 2.19. The van der Waals surface area contributed by atoms with Crippen LogP contribution in [0.25, 0.3) is 6.08 Å². The fraction of sp³-hybridized carbons (Fsp3) is 0.154. The van der Waals surface area contributed by atoms with Crippen molar-refractivity contribution in [2.75, 3.05) is 11.9 Å². The minimum Gasteiger partial charge on any atom is -0.494 e. The highest BCUT2D eigenvalue weighted by atomic mass is 16.5. The quantitative estimate of drug-likeness (QED) is 0.391. The van der Waals surface area contributed by atoms with Gasteiger partial charge in [0.05, 0.1) is 6.61 Å². The Labute approximate surface area is 182 Å². The van der Waals surface area contributed by atoms with Crippen LogP contribution in [0.5, 0.6) is 11.5 Å². The van der Waals surface area contributed by atoms with Crippen LogP contribution < -0.4 is 14.8 Å². The maximum absolute atomic E-state index is 12.5. The number of nitriles is 1. The van der Waals surface area contributed by atoms with E-state index in [9.17, 15) is 10.1 Å². The molecule has 0 fully saturated rings. The summed E-state index contributed by atoms with van der Waals surface area (Å²) >= 11 is 0. The van der Waals surface area contributed by atoms with E-state index < -0.39 is 5.91 Å². The molecule has 0 aromatic heterocycles. The van der Waals surface area contributed by atoms with Crippen molar-refractivity contribution in [3.63, 3.8) is 0 Å². The monoisotopic (exact) mass is 412 g/mol. The van der Waals surface area contributed by atoms with Gasteiger partial charge in [-0.05, 0) is 55.3 Å². The largest absolute Gasteiger partial charge is 0.494 e. The first-order valence-corrected chi connectivity index (χ1v) is 10.0. The van der Waals surface area contributed by atoms with Crippen LogP contribution in [-0.2, 0) is 11.4 Å². The van der Waals surface area contributed by atoms with Gasteiger partial charge in [0.2, 0.25) is 0 Å². The first-order chi connectivity index (χ1) is 15.1. The number of carbonyl (C=O) groups excluding carboxylic acids is 1. The number of nitrogens with zero attached hydrogens (tertiary/aromatic N) is 1. The molecule has 3 rings (SSSR count). The van der Waals surface area contributed by atoms with Crippen molar-refractivity contribution < 1.29 is 14.3 Å². The number of aryl methyl sites for hydroxylation is 1. The highest BCUT2D eigenvalue weighted by molar-refractivity contribution is 6.09. The van der Waals surface area contributed by atoms with E-state index in [0.29, 0.717) is 30.4 Å². The molecule has 31 heavy (non-hydrogen) atoms. The molecule has 0 heterocycles. The molecule has 1 N–H and O–H groups in total. The van der Waals surface area contributed by atoms with Crippen molar-refractivity contribution in [1.82, 2.24) is 0 Å². The predicted molar refractivity (Wildman–Crippen MR) is 122 cm³/mol. The van der Waals surface area contributed by atoms with Crippen LogP contribution in [-0.4, -0.2) is 12.5 Å². The molecular weight excluding hydrogens is 388 g/mol. The third kappa shape index (κ3) is 6.48. The molecule has 3 aromatic carbocycles. The minimum absolute atomic E-state index is 0.00948. The minimum atomic E-state index is -0.476. The van der Waals surface area contributed by atoms with E-state index in [-0.39, 0.29) is 5.57 Å². The molecule has 0 unspecified atom stereocenters. The maximum Gasteiger partial charge on any atom is 0.266 e. The molecule has 0 saturated carbocycles. The molecule has 5 heteroatoms. The summed E-state index contributed by atoms with van der Waals surface area (Å²) in [6.07, 6.45) is 1.55. The summed E-state index contributed by atoms with van der Waals surface area (Å²) in [5, 5.41) is 12.2. The Hall–Kier alpha value is -4.04. The van der Waals surface area contributed by atoms with Crippen LogP contribution in [0.4, 0.5) is 5.69 Å². The van der Waals surface area contributed by atoms with Gasteiger partial charge in [-0.1, -0.05) is 48.0 Å². The van der Waals surface area contributed by atoms with Crippen LogP contribution >= 0.6 is 0 Å². The number of ether oxygens (including phenoxy) is 2. The number of benzene rings is 3. The SMILES string of the molecule is CCOc1cccc(NC(=O)/C(C#N)=C\c2ccc(OCc3cccc(C)c3)cc2)c1. The number of hydrogen-bond donors (Lipinski definition) is 1. The highest BCUT2D eigenvalue weighted by Gasteiger charge is 2.10. The standard InChI is InChI=1S/C26H24N2O3/c1-3-30-25-9-5-8-23(16-25)28-26(29)22(17-27)15-20-10-12-24(13-11-20)31-18-21-7-4-6-19(2)14-21/h4-16H,3,18H2,1-2H3,(H,28,29)/b22-15-. The zero-order chi connectivity index (χ0) is 22.1. The summed E-state index contributed by atoms with van der Waals surface area (Å²) in [6.45, 7) is 4.94. The lowest BCUT2D eigenvalue weighted by Crippen LogP contribution is -2.13. The second kappa shape index (κ2) is 10.7. The Morgan fingerprint density at radius 2 is 1.77 bits per heavy atom. The Morgan fingerprint density at radius 1 is 1.00 bits per heavy atom. The molecule has 0 spiro atoms. The summed E-state index contributed by atoms with van der Waals surface area (Å²) in [4.78, 5) is 12.5. The molecule has 3 aromatic rings. The molecule has 1 amide bonds. The van der Waals surface area contributed by atoms with Crippen molar-refractivity contribution >= 4 is 17.7 Å². The van der Waals surface area contributed by atoms with Crippen molar-refractivity contribution in [3.05, 3.63) is 95.1 Å². The van der Waals surface area contributed by atoms with Crippen LogP contribution in [0, 0.1) is 18.3 Å². The van der Waals surface area contributed by atoms with Gasteiger partial charge in [-0.3, -0.25) is 4.79 Å². The molecule has 156 valence electrons. The number of amides is 1. The summed E-state index contributed by atoms with van der Waals surface area (Å²) in [6, 6.07) is 24.4. The van der Waals surface area contributed by atoms with Gasteiger partial charge in [-0.15, -0.1) is 0 Å². The molecule has 0 aliphatic heterocycles. The topological polar surface area (TPSA) is 71.3 Å². The fourth-order valence-corrected chi connectivity index (χ4v) is 2.97. The Morgan fingerprint density at radius 3 is 2.48 bits per heavy atom. The van der Waals surface area contributed by atoms with Crippen molar-refractivity contribution in [1.29, 1.82) is 5.26 Å². The van der Waals surface area contributed by atoms with Crippen LogP contribution in [0.1, 0.15) is 23.6 Å². The van der Waals surface area contributed by atoms with Gasteiger partial charge in [0.1, 0.15) is 29.7 Å². The first kappa shape index (κ1) is 21.7. The van der Waals surface area contributed by atoms with Crippen molar-refractivity contribution in [3.8, 4) is 17.6 Å². The second-order valence-electron chi connectivity index (χ2n) is 6.93. The summed E-state index contributed by atoms with van der Waals surface area (Å²) in [5.74, 6) is 0.898. The number of rotatable bonds is 8. The normalized spacial score (nSPS) is 10.8. The van der Waals surface area contributed by atoms with Gasteiger partial charge >= 0.3 is 0 Å². The number of hydrogen-bond acceptors (Lipinski definition) is 4. The Kier molecular flexibility index (Phi) is 7.45. The second-order valence-corrected chi connectivity index (χ2v) is 6.93. The fourth-order valence-electron chi connectivity index (χ4n) is 2.97. The average molecular weight is 412 g/mol. The van der Waals surface area contributed by atoms with Crippen LogP contribution in [0.3, 0.4) is 0 Å². The van der Waals surface area contributed by atoms with Crippen LogP contribution in [0.2, 0.25) is 0 Å². The van der Waals surface area contributed by atoms with E-state index in [0.717, 1.165) is 11.1 Å². The molecule has 0 bridgehead atoms. The van der Waals surface area contributed by atoms with Gasteiger partial charge in [0, 0.05) is 11.8 Å². The van der Waals surface area contributed by atoms with Gasteiger partial charge in [-0.25, -0.2) is 0 Å². The predicted octanol–water partition coefficient (Wildman–Crippen LogP) is 5.52. The van der Waals surface area contributed by atoms with Gasteiger partial charge in [0.25, 0.3) is 5.91 Å². The number of nitrogens with one attached hydrogen (secondary N) is 1. The van der Waals surface area contributed by atoms with Gasteiger partial charge < -0.3 is 14.8 Å². The lowest BCUT2D eigenvalue weighted by atomic mass is 10.1. The Bertz CT molecular complexity index is 1110. The van der Waals surface area contributed by atoms with Gasteiger partial charge in [-0.2, -0.15) is 5.26 Å². The van der Waals surface area contributed by atoms with E-state index in [1.165, 1.54) is 5.56 Å². The van der Waals surface area contributed by atoms with E-state index in [2.05, 4.69) is 11.4 Å². The smallest absolute Gasteiger partial charge is 0.266 e. The first-order valence-electron chi connectivity index (χ1n) is 10.0. The Balaban J connectivity index is 1.64. The molecular formula is C26H24N2O3. The van der Waals surface area contributed by atoms with Crippen LogP contribution in [0.15, 0.2) is 78.4 Å². The molecule has 5 nitrogen and oxygen atoms in total. The van der Waals surface area contributed by atoms with E-state index >= 15 is 0 Å². The number of anilines is 1. The lowest BCUT2D eigenvalue weighted by molar-refractivity contribution is -0.112. The van der Waals surface area contributed by atoms with E-state index in [1.807, 2.05) is 68.4 Å². The average Bonchev–Trinajstić information content (AvgIpc) is 2.77. The zero-order valence-corrected chi connectivity index (χ0v) is 17.6. The van der Waals surface area contributed by atoms with Crippen molar-refractivity contribution in [2.45, 2.75) is 20.5 Å². The summed E-state index contributed by atoms with van der Waals surface area (Å²) in [5.41, 5.74) is 3.60. The van der Waals surface area contributed by atoms with Gasteiger partial charge in [0.15, 0.2) is 0 Å². The summed E-state index contributed by atoms with van der Waals surface area (Å²) < 4.78 is 11.2. The van der Waals surface area contributed by atoms with E-state index in [4.69, 9.17) is 9.47 Å². The maximum atomic E-state index is 12.5. The van der Waals surface area contributed by atoms with E-state index in [1.54, 1.807) is 24.3 Å². The molecule has 0 aliphatic carbocycles. The molecule has 0 aliphatic rings. The molecule has 0 atom stereocenters.